The molecule has 0 bridgehead atoms. The van der Waals surface area contributed by atoms with E-state index in [0.29, 0.717) is 0 Å². The van der Waals surface area contributed by atoms with Gasteiger partial charge in [-0.2, -0.15) is 5.10 Å². The number of benzene rings is 1. The second-order valence-corrected chi connectivity index (χ2v) is 3.66. The Labute approximate surface area is 95.3 Å². The Bertz CT molecular complexity index is 369. The van der Waals surface area contributed by atoms with Crippen LogP contribution in [0, 0.1) is 0 Å². The normalized spacial score (nSPS) is 10.8. The molecule has 0 aliphatic heterocycles. The number of hydrazone groups is 1. The van der Waals surface area contributed by atoms with E-state index in [1.165, 1.54) is 6.92 Å². The van der Waals surface area contributed by atoms with Gasteiger partial charge in [-0.1, -0.05) is 0 Å². The lowest BCUT2D eigenvalue weighted by Crippen LogP contribution is -2.12. The molecule has 0 aliphatic carbocycles. The van der Waals surface area contributed by atoms with Gasteiger partial charge in [-0.15, -0.1) is 0 Å². The summed E-state index contributed by atoms with van der Waals surface area (Å²) in [5, 5.41) is 3.77. The highest BCUT2D eigenvalue weighted by Crippen LogP contribution is 2.12. The Kier molecular flexibility index (Phi) is 4.51. The Hall–Kier alpha value is -1.84. The lowest BCUT2D eigenvalue weighted by atomic mass is 10.2. The first-order valence-electron chi connectivity index (χ1n) is 5.14. The number of rotatable bonds is 4. The van der Waals surface area contributed by atoms with Gasteiger partial charge in [0.1, 0.15) is 5.75 Å². The predicted molar refractivity (Wildman–Crippen MR) is 63.6 cm³/mol. The van der Waals surface area contributed by atoms with Crippen LogP contribution in [-0.4, -0.2) is 18.2 Å². The number of nitrogens with zero attached hydrogens (tertiary/aromatic N) is 1. The zero-order valence-electron chi connectivity index (χ0n) is 9.73. The molecule has 86 valence electrons. The standard InChI is InChI=1S/C12H16N2O2/c1-9(2)16-12-6-4-11(5-7-12)8-13-14-10(3)15/h4-9H,1-3H3,(H,14,15)/b13-8+. The highest BCUT2D eigenvalue weighted by molar-refractivity contribution is 5.81. The number of hydrogen-bond donors (Lipinski definition) is 1. The summed E-state index contributed by atoms with van der Waals surface area (Å²) in [6.45, 7) is 5.37. The van der Waals surface area contributed by atoms with Gasteiger partial charge in [0.25, 0.3) is 0 Å². The van der Waals surface area contributed by atoms with E-state index < -0.39 is 0 Å². The van der Waals surface area contributed by atoms with E-state index >= 15 is 0 Å². The van der Waals surface area contributed by atoms with Crippen LogP contribution in [0.15, 0.2) is 29.4 Å². The Morgan fingerprint density at radius 3 is 2.50 bits per heavy atom. The number of hydrogen-bond acceptors (Lipinski definition) is 3. The number of carbonyl (C=O) groups is 1. The molecule has 0 unspecified atom stereocenters. The van der Waals surface area contributed by atoms with Crippen molar-refractivity contribution in [3.8, 4) is 5.75 Å². The molecular formula is C12H16N2O2. The van der Waals surface area contributed by atoms with Crippen LogP contribution in [0.1, 0.15) is 26.3 Å². The summed E-state index contributed by atoms with van der Waals surface area (Å²) in [7, 11) is 0. The van der Waals surface area contributed by atoms with Crippen LogP contribution in [-0.2, 0) is 4.79 Å². The number of carbonyl (C=O) groups excluding carboxylic acids is 1. The van der Waals surface area contributed by atoms with E-state index in [1.54, 1.807) is 6.21 Å². The van der Waals surface area contributed by atoms with Gasteiger partial charge in [-0.3, -0.25) is 4.79 Å². The first-order chi connectivity index (χ1) is 7.58. The van der Waals surface area contributed by atoms with Crippen molar-refractivity contribution in [1.82, 2.24) is 5.43 Å². The maximum absolute atomic E-state index is 10.6. The van der Waals surface area contributed by atoms with E-state index in [-0.39, 0.29) is 12.0 Å². The molecule has 0 aliphatic rings. The quantitative estimate of drug-likeness (QED) is 0.622. The van der Waals surface area contributed by atoms with Gasteiger partial charge in [0.2, 0.25) is 5.91 Å². The van der Waals surface area contributed by atoms with Crippen LogP contribution in [0.5, 0.6) is 5.75 Å². The Morgan fingerprint density at radius 2 is 2.00 bits per heavy atom. The maximum atomic E-state index is 10.6. The molecule has 0 saturated carbocycles. The van der Waals surface area contributed by atoms with Crippen molar-refractivity contribution in [3.63, 3.8) is 0 Å². The van der Waals surface area contributed by atoms with Gasteiger partial charge in [-0.05, 0) is 43.7 Å². The molecule has 0 saturated heterocycles. The third kappa shape index (κ3) is 4.59. The predicted octanol–water partition coefficient (Wildman–Crippen LogP) is 1.94. The zero-order valence-corrected chi connectivity index (χ0v) is 9.73. The second-order valence-electron chi connectivity index (χ2n) is 3.66. The molecule has 16 heavy (non-hydrogen) atoms. The van der Waals surface area contributed by atoms with E-state index in [4.69, 9.17) is 4.74 Å². The molecule has 0 heterocycles. The molecule has 1 amide bonds. The Balaban J connectivity index is 2.57. The average molecular weight is 220 g/mol. The van der Waals surface area contributed by atoms with Gasteiger partial charge in [0.15, 0.2) is 0 Å². The molecule has 1 rings (SSSR count). The summed E-state index contributed by atoms with van der Waals surface area (Å²) in [4.78, 5) is 10.6. The van der Waals surface area contributed by atoms with Crippen LogP contribution in [0.25, 0.3) is 0 Å². The van der Waals surface area contributed by atoms with Crippen LogP contribution < -0.4 is 10.2 Å². The van der Waals surface area contributed by atoms with Gasteiger partial charge in [-0.25, -0.2) is 5.43 Å². The molecule has 1 aromatic carbocycles. The van der Waals surface area contributed by atoms with Crippen molar-refractivity contribution in [3.05, 3.63) is 29.8 Å². The summed E-state index contributed by atoms with van der Waals surface area (Å²) in [6, 6.07) is 7.50. The van der Waals surface area contributed by atoms with Gasteiger partial charge >= 0.3 is 0 Å². The molecule has 0 fully saturated rings. The fraction of sp³-hybridized carbons (Fsp3) is 0.333. The lowest BCUT2D eigenvalue weighted by molar-refractivity contribution is -0.118. The number of nitrogens with one attached hydrogen (secondary N) is 1. The van der Waals surface area contributed by atoms with Gasteiger partial charge in [0, 0.05) is 6.92 Å². The van der Waals surface area contributed by atoms with Crippen molar-refractivity contribution in [2.24, 2.45) is 5.10 Å². The summed E-state index contributed by atoms with van der Waals surface area (Å²) in [5.41, 5.74) is 3.25. The van der Waals surface area contributed by atoms with Gasteiger partial charge in [0.05, 0.1) is 12.3 Å². The van der Waals surface area contributed by atoms with Crippen LogP contribution in [0.2, 0.25) is 0 Å². The fourth-order valence-electron chi connectivity index (χ4n) is 1.10. The zero-order chi connectivity index (χ0) is 12.0. The molecule has 1 aromatic rings. The SMILES string of the molecule is CC(=O)N/N=C/c1ccc(OC(C)C)cc1. The average Bonchev–Trinajstić information content (AvgIpc) is 2.19. The van der Waals surface area contributed by atoms with E-state index in [2.05, 4.69) is 10.5 Å². The Morgan fingerprint density at radius 1 is 1.38 bits per heavy atom. The van der Waals surface area contributed by atoms with Crippen molar-refractivity contribution < 1.29 is 9.53 Å². The van der Waals surface area contributed by atoms with Crippen molar-refractivity contribution in [1.29, 1.82) is 0 Å². The maximum Gasteiger partial charge on any atom is 0.236 e. The van der Waals surface area contributed by atoms with E-state index in [0.717, 1.165) is 11.3 Å². The fourth-order valence-corrected chi connectivity index (χ4v) is 1.10. The first-order valence-corrected chi connectivity index (χ1v) is 5.14. The molecule has 1 N–H and O–H groups in total. The molecular weight excluding hydrogens is 204 g/mol. The molecule has 0 radical (unpaired) electrons. The summed E-state index contributed by atoms with van der Waals surface area (Å²) < 4.78 is 5.50. The molecule has 4 nitrogen and oxygen atoms in total. The lowest BCUT2D eigenvalue weighted by Gasteiger charge is -2.08. The van der Waals surface area contributed by atoms with Gasteiger partial charge < -0.3 is 4.74 Å². The monoisotopic (exact) mass is 220 g/mol. The van der Waals surface area contributed by atoms with Crippen molar-refractivity contribution in [2.75, 3.05) is 0 Å². The van der Waals surface area contributed by atoms with Crippen LogP contribution >= 0.6 is 0 Å². The summed E-state index contributed by atoms with van der Waals surface area (Å²) in [6.07, 6.45) is 1.75. The number of ether oxygens (including phenoxy) is 1. The van der Waals surface area contributed by atoms with Crippen molar-refractivity contribution >= 4 is 12.1 Å². The third-order valence-electron chi connectivity index (χ3n) is 1.69. The smallest absolute Gasteiger partial charge is 0.236 e. The van der Waals surface area contributed by atoms with Crippen molar-refractivity contribution in [2.45, 2.75) is 26.9 Å². The summed E-state index contributed by atoms with van der Waals surface area (Å²) in [5.74, 6) is 0.641. The topological polar surface area (TPSA) is 50.7 Å². The largest absolute Gasteiger partial charge is 0.491 e. The number of amides is 1. The minimum absolute atomic E-state index is 0.166. The highest BCUT2D eigenvalue weighted by atomic mass is 16.5. The van der Waals surface area contributed by atoms with Crippen LogP contribution in [0.4, 0.5) is 0 Å². The minimum Gasteiger partial charge on any atom is -0.491 e. The van der Waals surface area contributed by atoms with Crippen LogP contribution in [0.3, 0.4) is 0 Å². The highest BCUT2D eigenvalue weighted by Gasteiger charge is 1.96. The summed E-state index contributed by atoms with van der Waals surface area (Å²) >= 11 is 0. The second kappa shape index (κ2) is 5.90. The third-order valence-corrected chi connectivity index (χ3v) is 1.69. The molecule has 0 atom stereocenters. The minimum atomic E-state index is -0.184. The van der Waals surface area contributed by atoms with E-state index in [1.807, 2.05) is 38.1 Å². The first kappa shape index (κ1) is 12.2. The molecule has 0 spiro atoms. The van der Waals surface area contributed by atoms with E-state index in [9.17, 15) is 4.79 Å². The molecule has 0 aromatic heterocycles. The molecule has 4 heteroatoms.